The number of nitrogens with two attached hydrogens (primary N) is 2. The zero-order valence-corrected chi connectivity index (χ0v) is 11.5. The molecule has 1 aliphatic heterocycles. The Balaban J connectivity index is 2.42. The van der Waals surface area contributed by atoms with Crippen LogP contribution in [-0.4, -0.2) is 23.7 Å². The molecule has 0 saturated carbocycles. The molecular weight excluding hydrogens is 246 g/mol. The van der Waals surface area contributed by atoms with E-state index in [0.717, 1.165) is 16.1 Å². The van der Waals surface area contributed by atoms with Gasteiger partial charge in [-0.3, -0.25) is 4.79 Å². The van der Waals surface area contributed by atoms with Gasteiger partial charge in [-0.05, 0) is 31.5 Å². The second-order valence-corrected chi connectivity index (χ2v) is 6.08. The topological polar surface area (TPSA) is 72.3 Å². The van der Waals surface area contributed by atoms with Crippen LogP contribution in [0.4, 0.5) is 5.69 Å². The summed E-state index contributed by atoms with van der Waals surface area (Å²) in [5.41, 5.74) is 13.5. The lowest BCUT2D eigenvalue weighted by molar-refractivity contribution is -0.118. The fourth-order valence-corrected chi connectivity index (χ4v) is 3.10. The number of amides is 1. The van der Waals surface area contributed by atoms with Gasteiger partial charge in [0.15, 0.2) is 0 Å². The molecule has 2 rings (SSSR count). The minimum atomic E-state index is -0.0556. The Kier molecular flexibility index (Phi) is 3.94. The zero-order valence-electron chi connectivity index (χ0n) is 10.7. The number of benzene rings is 1. The fourth-order valence-electron chi connectivity index (χ4n) is 2.06. The Hall–Kier alpha value is -1.04. The summed E-state index contributed by atoms with van der Waals surface area (Å²) in [5.74, 6) is 0.124. The van der Waals surface area contributed by atoms with E-state index in [4.69, 9.17) is 11.5 Å². The molecule has 1 aromatic rings. The number of carbonyl (C=O) groups is 1. The van der Waals surface area contributed by atoms with Crippen molar-refractivity contribution in [3.8, 4) is 0 Å². The predicted octanol–water partition coefficient (Wildman–Crippen LogP) is 1.32. The van der Waals surface area contributed by atoms with E-state index in [9.17, 15) is 4.79 Å². The van der Waals surface area contributed by atoms with E-state index in [0.29, 0.717) is 13.1 Å². The van der Waals surface area contributed by atoms with Crippen molar-refractivity contribution in [1.29, 1.82) is 0 Å². The van der Waals surface area contributed by atoms with E-state index >= 15 is 0 Å². The van der Waals surface area contributed by atoms with Crippen LogP contribution >= 0.6 is 11.8 Å². The molecule has 0 spiro atoms. The third kappa shape index (κ3) is 2.53. The molecule has 2 unspecified atom stereocenters. The summed E-state index contributed by atoms with van der Waals surface area (Å²) in [6.45, 7) is 4.87. The van der Waals surface area contributed by atoms with Gasteiger partial charge < -0.3 is 16.4 Å². The number of nitrogens with zero attached hydrogens (tertiary/aromatic N) is 1. The molecule has 2 atom stereocenters. The standard InChI is InChI=1S/C13H19N3OS/c1-8(15)7-16-11-5-10(6-14)3-4-12(11)18-9(2)13(16)17/h3-5,8-9H,6-7,14-15H2,1-2H3. The number of anilines is 1. The first-order valence-corrected chi connectivity index (χ1v) is 6.97. The van der Waals surface area contributed by atoms with Gasteiger partial charge in [0.1, 0.15) is 0 Å². The van der Waals surface area contributed by atoms with E-state index in [1.807, 2.05) is 32.0 Å². The summed E-state index contributed by atoms with van der Waals surface area (Å²) < 4.78 is 0. The van der Waals surface area contributed by atoms with Gasteiger partial charge >= 0.3 is 0 Å². The van der Waals surface area contributed by atoms with Crippen LogP contribution in [0.15, 0.2) is 23.1 Å². The van der Waals surface area contributed by atoms with E-state index in [2.05, 4.69) is 0 Å². The molecule has 0 aromatic heterocycles. The van der Waals surface area contributed by atoms with Crippen molar-refractivity contribution in [3.05, 3.63) is 23.8 Å². The van der Waals surface area contributed by atoms with Crippen LogP contribution in [0.3, 0.4) is 0 Å². The molecule has 1 aromatic carbocycles. The van der Waals surface area contributed by atoms with Gasteiger partial charge in [-0.1, -0.05) is 6.07 Å². The summed E-state index contributed by atoms with van der Waals surface area (Å²) in [6.07, 6.45) is 0. The Morgan fingerprint density at radius 2 is 2.22 bits per heavy atom. The van der Waals surface area contributed by atoms with Gasteiger partial charge in [-0.25, -0.2) is 0 Å². The molecule has 1 heterocycles. The molecule has 4 N–H and O–H groups in total. The van der Waals surface area contributed by atoms with E-state index in [1.54, 1.807) is 16.7 Å². The normalized spacial score (nSPS) is 20.8. The largest absolute Gasteiger partial charge is 0.326 e. The van der Waals surface area contributed by atoms with Crippen molar-refractivity contribution in [2.75, 3.05) is 11.4 Å². The molecular formula is C13H19N3OS. The highest BCUT2D eigenvalue weighted by atomic mass is 32.2. The van der Waals surface area contributed by atoms with Crippen molar-refractivity contribution in [2.45, 2.75) is 36.6 Å². The summed E-state index contributed by atoms with van der Waals surface area (Å²) in [5, 5.41) is -0.0556. The molecule has 5 heteroatoms. The minimum absolute atomic E-state index is 0.0429. The highest BCUT2D eigenvalue weighted by Crippen LogP contribution is 2.39. The first-order valence-electron chi connectivity index (χ1n) is 6.09. The first kappa shape index (κ1) is 13.4. The van der Waals surface area contributed by atoms with Crippen LogP contribution in [0.2, 0.25) is 0 Å². The van der Waals surface area contributed by atoms with Crippen molar-refractivity contribution in [3.63, 3.8) is 0 Å². The van der Waals surface area contributed by atoms with Gasteiger partial charge in [0.2, 0.25) is 5.91 Å². The lowest BCUT2D eigenvalue weighted by Gasteiger charge is -2.33. The van der Waals surface area contributed by atoms with Crippen LogP contribution in [-0.2, 0) is 11.3 Å². The monoisotopic (exact) mass is 265 g/mol. The molecule has 0 bridgehead atoms. The van der Waals surface area contributed by atoms with Crippen LogP contribution < -0.4 is 16.4 Å². The predicted molar refractivity (Wildman–Crippen MR) is 75.7 cm³/mol. The van der Waals surface area contributed by atoms with E-state index < -0.39 is 0 Å². The van der Waals surface area contributed by atoms with Gasteiger partial charge in [0.05, 0.1) is 10.9 Å². The maximum atomic E-state index is 12.2. The Morgan fingerprint density at radius 3 is 2.83 bits per heavy atom. The number of fused-ring (bicyclic) bond motifs is 1. The maximum Gasteiger partial charge on any atom is 0.240 e. The summed E-state index contributed by atoms with van der Waals surface area (Å²) in [7, 11) is 0. The highest BCUT2D eigenvalue weighted by Gasteiger charge is 2.31. The third-order valence-electron chi connectivity index (χ3n) is 2.94. The first-order chi connectivity index (χ1) is 8.52. The molecule has 1 aliphatic rings. The lowest BCUT2D eigenvalue weighted by Crippen LogP contribution is -2.45. The second-order valence-electron chi connectivity index (χ2n) is 4.69. The van der Waals surface area contributed by atoms with E-state index in [1.165, 1.54) is 0 Å². The number of hydrogen-bond donors (Lipinski definition) is 2. The molecule has 0 aliphatic carbocycles. The summed E-state index contributed by atoms with van der Waals surface area (Å²) in [4.78, 5) is 15.2. The molecule has 18 heavy (non-hydrogen) atoms. The van der Waals surface area contributed by atoms with Crippen molar-refractivity contribution >= 4 is 23.4 Å². The number of rotatable bonds is 3. The number of carbonyl (C=O) groups excluding carboxylic acids is 1. The molecule has 4 nitrogen and oxygen atoms in total. The van der Waals surface area contributed by atoms with Gasteiger partial charge in [0, 0.05) is 24.0 Å². The van der Waals surface area contributed by atoms with Crippen LogP contribution in [0.1, 0.15) is 19.4 Å². The van der Waals surface area contributed by atoms with Gasteiger partial charge in [-0.2, -0.15) is 0 Å². The Morgan fingerprint density at radius 1 is 1.50 bits per heavy atom. The zero-order chi connectivity index (χ0) is 13.3. The van der Waals surface area contributed by atoms with Gasteiger partial charge in [0.25, 0.3) is 0 Å². The number of hydrogen-bond acceptors (Lipinski definition) is 4. The molecule has 0 saturated heterocycles. The summed E-state index contributed by atoms with van der Waals surface area (Å²) >= 11 is 1.60. The van der Waals surface area contributed by atoms with Gasteiger partial charge in [-0.15, -0.1) is 11.8 Å². The molecule has 1 amide bonds. The average Bonchev–Trinajstić information content (AvgIpc) is 2.34. The van der Waals surface area contributed by atoms with Crippen LogP contribution in [0, 0.1) is 0 Å². The second kappa shape index (κ2) is 5.30. The lowest BCUT2D eigenvalue weighted by atomic mass is 10.1. The molecule has 0 radical (unpaired) electrons. The fraction of sp³-hybridized carbons (Fsp3) is 0.462. The van der Waals surface area contributed by atoms with Crippen LogP contribution in [0.5, 0.6) is 0 Å². The minimum Gasteiger partial charge on any atom is -0.326 e. The van der Waals surface area contributed by atoms with Crippen LogP contribution in [0.25, 0.3) is 0 Å². The summed E-state index contributed by atoms with van der Waals surface area (Å²) in [6, 6.07) is 6.00. The number of thioether (sulfide) groups is 1. The van der Waals surface area contributed by atoms with Crippen molar-refractivity contribution in [2.24, 2.45) is 11.5 Å². The third-order valence-corrected chi connectivity index (χ3v) is 4.09. The van der Waals surface area contributed by atoms with Crippen molar-refractivity contribution in [1.82, 2.24) is 0 Å². The van der Waals surface area contributed by atoms with Crippen molar-refractivity contribution < 1.29 is 4.79 Å². The SMILES string of the molecule is CC(N)CN1C(=O)C(C)Sc2ccc(CN)cc21. The Labute approximate surface area is 112 Å². The molecule has 0 fully saturated rings. The smallest absolute Gasteiger partial charge is 0.240 e. The molecule has 98 valence electrons. The maximum absolute atomic E-state index is 12.2. The average molecular weight is 265 g/mol. The Bertz CT molecular complexity index is 462. The quantitative estimate of drug-likeness (QED) is 0.864. The highest BCUT2D eigenvalue weighted by molar-refractivity contribution is 8.00. The van der Waals surface area contributed by atoms with E-state index in [-0.39, 0.29) is 17.2 Å².